The van der Waals surface area contributed by atoms with Crippen LogP contribution in [0, 0.1) is 5.92 Å². The van der Waals surface area contributed by atoms with Crippen LogP contribution in [0.1, 0.15) is 123 Å². The van der Waals surface area contributed by atoms with Crippen LogP contribution in [0.15, 0.2) is 0 Å². The smallest absolute Gasteiger partial charge is 0.00187 e. The molecular weight excluding hydrogens is 346 g/mol. The van der Waals surface area contributed by atoms with Gasteiger partial charge in [0.05, 0.1) is 0 Å². The number of nitrogens with zero attached hydrogens (tertiary/aromatic N) is 1. The minimum absolute atomic E-state index is 0.981. The SMILES string of the molecule is CCCCC(CC)CSCCCCCCCCCCCN1CCCCCC1. The maximum atomic E-state index is 2.72. The molecule has 0 aromatic heterocycles. The van der Waals surface area contributed by atoms with Crippen LogP contribution >= 0.6 is 11.8 Å². The number of hydrogen-bond donors (Lipinski definition) is 0. The Bertz CT molecular complexity index is 286. The second-order valence-corrected chi connectivity index (χ2v) is 10.1. The van der Waals surface area contributed by atoms with E-state index in [1.54, 1.807) is 0 Å². The zero-order valence-electron chi connectivity index (χ0n) is 19.0. The molecule has 1 unspecified atom stereocenters. The van der Waals surface area contributed by atoms with Crippen molar-refractivity contribution in [3.63, 3.8) is 0 Å². The Hall–Kier alpha value is 0.310. The Labute approximate surface area is 176 Å². The van der Waals surface area contributed by atoms with Gasteiger partial charge >= 0.3 is 0 Å². The molecule has 0 aliphatic carbocycles. The number of rotatable bonds is 18. The molecule has 0 bridgehead atoms. The fraction of sp³-hybridized carbons (Fsp3) is 1.00. The van der Waals surface area contributed by atoms with Gasteiger partial charge in [-0.3, -0.25) is 0 Å². The molecule has 27 heavy (non-hydrogen) atoms. The lowest BCUT2D eigenvalue weighted by molar-refractivity contribution is 0.277. The predicted octanol–water partition coefficient (Wildman–Crippen LogP) is 8.32. The van der Waals surface area contributed by atoms with E-state index in [1.807, 2.05) is 0 Å². The molecule has 1 rings (SSSR count). The quantitative estimate of drug-likeness (QED) is 0.214. The minimum atomic E-state index is 0.981. The molecule has 1 heterocycles. The molecule has 0 N–H and O–H groups in total. The molecule has 2 heteroatoms. The van der Waals surface area contributed by atoms with Gasteiger partial charge < -0.3 is 4.90 Å². The topological polar surface area (TPSA) is 3.24 Å². The van der Waals surface area contributed by atoms with Crippen molar-refractivity contribution >= 4 is 11.8 Å². The summed E-state index contributed by atoms with van der Waals surface area (Å²) < 4.78 is 0. The van der Waals surface area contributed by atoms with Crippen molar-refractivity contribution in [2.75, 3.05) is 31.1 Å². The molecule has 1 nitrogen and oxygen atoms in total. The van der Waals surface area contributed by atoms with Gasteiger partial charge in [0.15, 0.2) is 0 Å². The summed E-state index contributed by atoms with van der Waals surface area (Å²) in [6, 6.07) is 0. The molecule has 0 amide bonds. The van der Waals surface area contributed by atoms with Crippen molar-refractivity contribution < 1.29 is 0 Å². The van der Waals surface area contributed by atoms with E-state index < -0.39 is 0 Å². The fourth-order valence-corrected chi connectivity index (χ4v) is 5.60. The van der Waals surface area contributed by atoms with E-state index in [2.05, 4.69) is 30.5 Å². The highest BCUT2D eigenvalue weighted by Crippen LogP contribution is 2.20. The van der Waals surface area contributed by atoms with Gasteiger partial charge in [-0.2, -0.15) is 11.8 Å². The number of likely N-dealkylation sites (tertiary alicyclic amines) is 1. The third-order valence-corrected chi connectivity index (χ3v) is 7.64. The number of hydrogen-bond acceptors (Lipinski definition) is 2. The van der Waals surface area contributed by atoms with Crippen LogP contribution in [0.5, 0.6) is 0 Å². The molecule has 0 spiro atoms. The highest BCUT2D eigenvalue weighted by molar-refractivity contribution is 7.99. The Kier molecular flexibility index (Phi) is 18.4. The fourth-order valence-electron chi connectivity index (χ4n) is 4.28. The molecule has 1 fully saturated rings. The summed E-state index contributed by atoms with van der Waals surface area (Å²) >= 11 is 2.22. The van der Waals surface area contributed by atoms with Gasteiger partial charge in [-0.25, -0.2) is 0 Å². The third-order valence-electron chi connectivity index (χ3n) is 6.36. The van der Waals surface area contributed by atoms with Crippen LogP contribution < -0.4 is 0 Å². The Morgan fingerprint density at radius 2 is 1.30 bits per heavy atom. The van der Waals surface area contributed by atoms with Gasteiger partial charge in [-0.15, -0.1) is 0 Å². The van der Waals surface area contributed by atoms with Crippen LogP contribution in [0.25, 0.3) is 0 Å². The zero-order valence-corrected chi connectivity index (χ0v) is 19.8. The molecule has 0 radical (unpaired) electrons. The largest absolute Gasteiger partial charge is 0.303 e. The molecule has 0 aromatic carbocycles. The van der Waals surface area contributed by atoms with E-state index in [9.17, 15) is 0 Å². The van der Waals surface area contributed by atoms with Crippen LogP contribution in [-0.2, 0) is 0 Å². The van der Waals surface area contributed by atoms with Crippen molar-refractivity contribution in [3.05, 3.63) is 0 Å². The van der Waals surface area contributed by atoms with E-state index >= 15 is 0 Å². The van der Waals surface area contributed by atoms with Crippen molar-refractivity contribution in [1.82, 2.24) is 4.90 Å². The summed E-state index contributed by atoms with van der Waals surface area (Å²) in [6.45, 7) is 8.80. The Morgan fingerprint density at radius 3 is 1.89 bits per heavy atom. The average molecular weight is 398 g/mol. The Balaban J connectivity index is 1.76. The van der Waals surface area contributed by atoms with Gasteiger partial charge in [0.25, 0.3) is 0 Å². The molecule has 162 valence electrons. The number of thioether (sulfide) groups is 1. The van der Waals surface area contributed by atoms with E-state index in [0.717, 1.165) is 5.92 Å². The van der Waals surface area contributed by atoms with E-state index in [-0.39, 0.29) is 0 Å². The monoisotopic (exact) mass is 397 g/mol. The van der Waals surface area contributed by atoms with Crippen LogP contribution in [0.3, 0.4) is 0 Å². The first-order chi connectivity index (χ1) is 13.4. The zero-order chi connectivity index (χ0) is 19.4. The summed E-state index contributed by atoms with van der Waals surface area (Å²) in [7, 11) is 0. The first-order valence-corrected chi connectivity index (χ1v) is 13.8. The van der Waals surface area contributed by atoms with Gasteiger partial charge in [-0.1, -0.05) is 90.9 Å². The van der Waals surface area contributed by atoms with Gasteiger partial charge in [0, 0.05) is 0 Å². The van der Waals surface area contributed by atoms with Crippen molar-refractivity contribution in [2.45, 2.75) is 123 Å². The van der Waals surface area contributed by atoms with Crippen molar-refractivity contribution in [1.29, 1.82) is 0 Å². The minimum Gasteiger partial charge on any atom is -0.303 e. The first-order valence-electron chi connectivity index (χ1n) is 12.7. The van der Waals surface area contributed by atoms with Crippen molar-refractivity contribution in [2.24, 2.45) is 5.92 Å². The Morgan fingerprint density at radius 1 is 0.704 bits per heavy atom. The molecule has 0 aromatic rings. The lowest BCUT2D eigenvalue weighted by Crippen LogP contribution is -2.25. The molecule has 1 aliphatic heterocycles. The second kappa shape index (κ2) is 19.6. The summed E-state index contributed by atoms with van der Waals surface area (Å²) in [6.07, 6.45) is 24.6. The summed E-state index contributed by atoms with van der Waals surface area (Å²) in [5, 5.41) is 0. The molecule has 1 saturated heterocycles. The van der Waals surface area contributed by atoms with E-state index in [1.165, 1.54) is 140 Å². The summed E-state index contributed by atoms with van der Waals surface area (Å²) in [5.41, 5.74) is 0. The highest BCUT2D eigenvalue weighted by atomic mass is 32.2. The normalized spacial score (nSPS) is 17.1. The molecule has 1 aliphatic rings. The maximum Gasteiger partial charge on any atom is -0.00187 e. The second-order valence-electron chi connectivity index (χ2n) is 8.93. The lowest BCUT2D eigenvalue weighted by Gasteiger charge is -2.19. The molecular formula is C25H51NS. The van der Waals surface area contributed by atoms with Crippen molar-refractivity contribution in [3.8, 4) is 0 Å². The highest BCUT2D eigenvalue weighted by Gasteiger charge is 2.08. The van der Waals surface area contributed by atoms with Crippen LogP contribution in [0.2, 0.25) is 0 Å². The van der Waals surface area contributed by atoms with Gasteiger partial charge in [0.1, 0.15) is 0 Å². The van der Waals surface area contributed by atoms with Crippen LogP contribution in [0.4, 0.5) is 0 Å². The summed E-state index contributed by atoms with van der Waals surface area (Å²) in [5.74, 6) is 3.79. The molecule has 1 atom stereocenters. The summed E-state index contributed by atoms with van der Waals surface area (Å²) in [4.78, 5) is 2.72. The average Bonchev–Trinajstić information content (AvgIpc) is 2.96. The van der Waals surface area contributed by atoms with Gasteiger partial charge in [0.2, 0.25) is 0 Å². The maximum absolute atomic E-state index is 2.72. The lowest BCUT2D eigenvalue weighted by atomic mass is 10.0. The van der Waals surface area contributed by atoms with E-state index in [0.29, 0.717) is 0 Å². The van der Waals surface area contributed by atoms with E-state index in [4.69, 9.17) is 0 Å². The molecule has 0 saturated carbocycles. The standard InChI is InChI=1S/C25H51NS/c1-3-5-19-25(4-2)24-27-23-18-14-10-8-6-7-9-11-15-20-26-21-16-12-13-17-22-26/h25H,3-24H2,1-2H3. The van der Waals surface area contributed by atoms with Gasteiger partial charge in [-0.05, 0) is 69.2 Å². The predicted molar refractivity (Wildman–Crippen MR) is 127 cm³/mol. The number of unbranched alkanes of at least 4 members (excludes halogenated alkanes) is 9. The van der Waals surface area contributed by atoms with Crippen LogP contribution in [-0.4, -0.2) is 36.0 Å². The third kappa shape index (κ3) is 15.9. The first kappa shape index (κ1) is 25.3.